The van der Waals surface area contributed by atoms with Gasteiger partial charge in [-0.15, -0.1) is 0 Å². The molecule has 0 aromatic heterocycles. The Kier molecular flexibility index (Phi) is 7.11. The molecule has 0 spiro atoms. The minimum Gasteiger partial charge on any atom is -0.444 e. The molecule has 6 heteroatoms. The SMILES string of the molecule is CCN(C(=O)CN1CCN(C(=O)OC(C)(C)C)CC1)C1CCCCC1. The van der Waals surface area contributed by atoms with Gasteiger partial charge in [0, 0.05) is 38.8 Å². The summed E-state index contributed by atoms with van der Waals surface area (Å²) in [6, 6.07) is 0.425. The number of hydrogen-bond donors (Lipinski definition) is 0. The molecule has 1 aliphatic carbocycles. The van der Waals surface area contributed by atoms with Crippen LogP contribution in [-0.4, -0.2) is 77.6 Å². The van der Waals surface area contributed by atoms with Crippen molar-refractivity contribution in [1.29, 1.82) is 0 Å². The maximum absolute atomic E-state index is 12.7. The zero-order chi connectivity index (χ0) is 18.4. The van der Waals surface area contributed by atoms with E-state index < -0.39 is 5.60 Å². The molecular weight excluding hydrogens is 318 g/mol. The fraction of sp³-hybridized carbons (Fsp3) is 0.895. The van der Waals surface area contributed by atoms with Crippen molar-refractivity contribution in [1.82, 2.24) is 14.7 Å². The Hall–Kier alpha value is -1.30. The number of carbonyl (C=O) groups is 2. The molecule has 1 aliphatic heterocycles. The van der Waals surface area contributed by atoms with Crippen LogP contribution in [0.25, 0.3) is 0 Å². The Morgan fingerprint density at radius 2 is 1.64 bits per heavy atom. The van der Waals surface area contributed by atoms with E-state index in [1.54, 1.807) is 4.90 Å². The highest BCUT2D eigenvalue weighted by atomic mass is 16.6. The van der Waals surface area contributed by atoms with Crippen LogP contribution >= 0.6 is 0 Å². The van der Waals surface area contributed by atoms with Crippen molar-refractivity contribution in [2.45, 2.75) is 71.4 Å². The highest BCUT2D eigenvalue weighted by molar-refractivity contribution is 5.78. The summed E-state index contributed by atoms with van der Waals surface area (Å²) in [4.78, 5) is 30.8. The lowest BCUT2D eigenvalue weighted by atomic mass is 9.94. The predicted octanol–water partition coefficient (Wildman–Crippen LogP) is 2.72. The van der Waals surface area contributed by atoms with E-state index in [0.717, 1.165) is 32.5 Å². The summed E-state index contributed by atoms with van der Waals surface area (Å²) >= 11 is 0. The van der Waals surface area contributed by atoms with Gasteiger partial charge < -0.3 is 14.5 Å². The zero-order valence-corrected chi connectivity index (χ0v) is 16.4. The Bertz CT molecular complexity index is 447. The number of hydrogen-bond acceptors (Lipinski definition) is 4. The van der Waals surface area contributed by atoms with Gasteiger partial charge in [-0.2, -0.15) is 0 Å². The molecular formula is C19H35N3O3. The van der Waals surface area contributed by atoms with Crippen LogP contribution in [0.3, 0.4) is 0 Å². The number of likely N-dealkylation sites (N-methyl/N-ethyl adjacent to an activating group) is 1. The molecule has 6 nitrogen and oxygen atoms in total. The maximum Gasteiger partial charge on any atom is 0.410 e. The normalized spacial score (nSPS) is 20.4. The Morgan fingerprint density at radius 3 is 2.16 bits per heavy atom. The van der Waals surface area contributed by atoms with Crippen LogP contribution in [0.5, 0.6) is 0 Å². The second kappa shape index (κ2) is 8.88. The molecule has 2 amide bonds. The third-order valence-electron chi connectivity index (χ3n) is 5.06. The van der Waals surface area contributed by atoms with Gasteiger partial charge in [0.1, 0.15) is 5.60 Å². The van der Waals surface area contributed by atoms with Gasteiger partial charge in [0.25, 0.3) is 0 Å². The van der Waals surface area contributed by atoms with Crippen molar-refractivity contribution in [3.63, 3.8) is 0 Å². The predicted molar refractivity (Wildman–Crippen MR) is 98.5 cm³/mol. The average molecular weight is 354 g/mol. The minimum atomic E-state index is -0.466. The second-order valence-corrected chi connectivity index (χ2v) is 8.22. The van der Waals surface area contributed by atoms with Gasteiger partial charge >= 0.3 is 6.09 Å². The lowest BCUT2D eigenvalue weighted by molar-refractivity contribution is -0.135. The van der Waals surface area contributed by atoms with Crippen LogP contribution in [-0.2, 0) is 9.53 Å². The molecule has 0 atom stereocenters. The van der Waals surface area contributed by atoms with Crippen LogP contribution < -0.4 is 0 Å². The molecule has 25 heavy (non-hydrogen) atoms. The lowest BCUT2D eigenvalue weighted by Gasteiger charge is -2.38. The maximum atomic E-state index is 12.7. The summed E-state index contributed by atoms with van der Waals surface area (Å²) in [5.74, 6) is 0.236. The molecule has 1 saturated heterocycles. The van der Waals surface area contributed by atoms with Gasteiger partial charge in [0.2, 0.25) is 5.91 Å². The molecule has 144 valence electrons. The van der Waals surface area contributed by atoms with E-state index in [0.29, 0.717) is 25.7 Å². The molecule has 0 aromatic rings. The van der Waals surface area contributed by atoms with Gasteiger partial charge in [-0.05, 0) is 40.5 Å². The number of nitrogens with zero attached hydrogens (tertiary/aromatic N) is 3. The summed E-state index contributed by atoms with van der Waals surface area (Å²) in [5.41, 5.74) is -0.466. The molecule has 0 unspecified atom stereocenters. The van der Waals surface area contributed by atoms with Crippen molar-refractivity contribution < 1.29 is 14.3 Å². The van der Waals surface area contributed by atoms with E-state index in [-0.39, 0.29) is 12.0 Å². The Labute approximate surface area is 152 Å². The highest BCUT2D eigenvalue weighted by Crippen LogP contribution is 2.22. The quantitative estimate of drug-likeness (QED) is 0.780. The number of ether oxygens (including phenoxy) is 1. The Morgan fingerprint density at radius 1 is 1.04 bits per heavy atom. The van der Waals surface area contributed by atoms with Crippen LogP contribution in [0.15, 0.2) is 0 Å². The van der Waals surface area contributed by atoms with Crippen molar-refractivity contribution in [2.24, 2.45) is 0 Å². The van der Waals surface area contributed by atoms with Crippen LogP contribution in [0.4, 0.5) is 4.79 Å². The van der Waals surface area contributed by atoms with Crippen LogP contribution in [0, 0.1) is 0 Å². The number of carbonyl (C=O) groups excluding carboxylic acids is 2. The van der Waals surface area contributed by atoms with Crippen molar-refractivity contribution in [2.75, 3.05) is 39.3 Å². The first kappa shape index (κ1) is 20.0. The largest absolute Gasteiger partial charge is 0.444 e. The van der Waals surface area contributed by atoms with E-state index >= 15 is 0 Å². The van der Waals surface area contributed by atoms with E-state index in [1.807, 2.05) is 20.8 Å². The van der Waals surface area contributed by atoms with E-state index in [9.17, 15) is 9.59 Å². The minimum absolute atomic E-state index is 0.236. The fourth-order valence-corrected chi connectivity index (χ4v) is 3.73. The first-order chi connectivity index (χ1) is 11.8. The second-order valence-electron chi connectivity index (χ2n) is 8.22. The fourth-order valence-electron chi connectivity index (χ4n) is 3.73. The zero-order valence-electron chi connectivity index (χ0n) is 16.4. The molecule has 2 aliphatic rings. The Balaban J connectivity index is 1.78. The van der Waals surface area contributed by atoms with Gasteiger partial charge in [-0.1, -0.05) is 19.3 Å². The summed E-state index contributed by atoms with van der Waals surface area (Å²) in [7, 11) is 0. The molecule has 0 radical (unpaired) electrons. The standard InChI is InChI=1S/C19H35N3O3/c1-5-22(16-9-7-6-8-10-16)17(23)15-20-11-13-21(14-12-20)18(24)25-19(2,3)4/h16H,5-15H2,1-4H3. The smallest absolute Gasteiger partial charge is 0.410 e. The molecule has 2 fully saturated rings. The molecule has 0 aromatic carbocycles. The average Bonchev–Trinajstić information content (AvgIpc) is 2.55. The van der Waals surface area contributed by atoms with Crippen LogP contribution in [0.2, 0.25) is 0 Å². The third-order valence-corrected chi connectivity index (χ3v) is 5.06. The first-order valence-electron chi connectivity index (χ1n) is 9.80. The van der Waals surface area contributed by atoms with Crippen LogP contribution in [0.1, 0.15) is 59.8 Å². The van der Waals surface area contributed by atoms with E-state index in [4.69, 9.17) is 4.74 Å². The molecule has 0 bridgehead atoms. The summed E-state index contributed by atoms with van der Waals surface area (Å²) in [6.07, 6.45) is 5.81. The molecule has 1 saturated carbocycles. The summed E-state index contributed by atoms with van der Waals surface area (Å²) in [6.45, 7) is 11.7. The monoisotopic (exact) mass is 353 g/mol. The van der Waals surface area contributed by atoms with Crippen molar-refractivity contribution in [3.8, 4) is 0 Å². The topological polar surface area (TPSA) is 53.1 Å². The van der Waals surface area contributed by atoms with Crippen molar-refractivity contribution >= 4 is 12.0 Å². The summed E-state index contributed by atoms with van der Waals surface area (Å²) in [5, 5.41) is 0. The summed E-state index contributed by atoms with van der Waals surface area (Å²) < 4.78 is 5.42. The highest BCUT2D eigenvalue weighted by Gasteiger charge is 2.29. The molecule has 0 N–H and O–H groups in total. The van der Waals surface area contributed by atoms with E-state index in [2.05, 4.69) is 16.7 Å². The number of piperazine rings is 1. The lowest BCUT2D eigenvalue weighted by Crippen LogP contribution is -2.53. The van der Waals surface area contributed by atoms with Gasteiger partial charge in [-0.3, -0.25) is 9.69 Å². The number of rotatable bonds is 4. The first-order valence-corrected chi connectivity index (χ1v) is 9.80. The van der Waals surface area contributed by atoms with Gasteiger partial charge in [-0.25, -0.2) is 4.79 Å². The third kappa shape index (κ3) is 6.17. The van der Waals surface area contributed by atoms with Gasteiger partial charge in [0.05, 0.1) is 6.54 Å². The number of amides is 2. The molecule has 1 heterocycles. The van der Waals surface area contributed by atoms with Gasteiger partial charge in [0.15, 0.2) is 0 Å². The van der Waals surface area contributed by atoms with Crippen molar-refractivity contribution in [3.05, 3.63) is 0 Å². The molecule has 2 rings (SSSR count). The van der Waals surface area contributed by atoms with E-state index in [1.165, 1.54) is 19.3 Å².